The summed E-state index contributed by atoms with van der Waals surface area (Å²) in [6, 6.07) is 40.2. The summed E-state index contributed by atoms with van der Waals surface area (Å²) in [6.45, 7) is 51.9. The smallest absolute Gasteiger partial charge is 0.338 e. The summed E-state index contributed by atoms with van der Waals surface area (Å²) < 4.78 is 76.4. The standard InChI is InChI=1S/C24H38O4.C15H24.C14H22.C13H16O4.C10H10F4.2C9H12.C4H8O.C2H6/c1-5-6-7-8-9-10-11-12-13-14-15-28-24(26)22-17-20(19(2)3)16-21(18-22)23(25)27-4;1-4-5-6-7-8-14-9-11-15(12-10-14)13(2)3;1-8(2)14-12(6)10(4)9(3)11(5)13(14)7;1-8(2)9-5-10(12(14)16-3)7-11(6-9)13(15)17-4;1-4(2)6-9(13)7(11)5(3)8(12)10(6)14;2*1-8(2)9-6-4-3-5-7-9;1-3-4-5-2;1-2/h16-19H,5-15H2,1-4H3;9-13H,4-8H2,1-3H3;8H,1-7H3;5-8H,1-4H3;4H,1-3H3;2*3-8H,1-2H3;3-4H,1-2H3;1-2H3. The third-order valence-electron chi connectivity index (χ3n) is 19.4. The topological polar surface area (TPSA) is 114 Å². The van der Waals surface area contributed by atoms with Gasteiger partial charge in [0, 0.05) is 11.1 Å². The van der Waals surface area contributed by atoms with Crippen molar-refractivity contribution >= 4 is 23.9 Å². The number of methoxy groups -OCH3 is 4. The fourth-order valence-electron chi connectivity index (χ4n) is 11.9. The first kappa shape index (κ1) is 107. The number of allylic oxidation sites excluding steroid dienone is 1. The van der Waals surface area contributed by atoms with Crippen LogP contribution in [-0.4, -0.2) is 58.9 Å². The van der Waals surface area contributed by atoms with Gasteiger partial charge in [-0.05, 0) is 212 Å². The molecular weight excluding hydrogens is 1420 g/mol. The average Bonchev–Trinajstić information content (AvgIpc) is 0.801. The van der Waals surface area contributed by atoms with Crippen LogP contribution in [0.3, 0.4) is 0 Å². The number of carbonyl (C=O) groups is 4. The van der Waals surface area contributed by atoms with Crippen LogP contribution in [-0.2, 0) is 30.1 Å². The maximum Gasteiger partial charge on any atom is 0.338 e. The predicted molar refractivity (Wildman–Crippen MR) is 469 cm³/mol. The van der Waals surface area contributed by atoms with Crippen molar-refractivity contribution in [2.45, 2.75) is 311 Å². The van der Waals surface area contributed by atoms with E-state index in [1.165, 1.54) is 175 Å². The van der Waals surface area contributed by atoms with Crippen LogP contribution in [0.4, 0.5) is 17.6 Å². The first-order valence-corrected chi connectivity index (χ1v) is 41.4. The normalized spacial score (nSPS) is 10.5. The number of aryl methyl sites for hydroxylation is 1. The lowest BCUT2D eigenvalue weighted by Crippen LogP contribution is -2.10. The molecule has 0 aliphatic carbocycles. The van der Waals surface area contributed by atoms with Gasteiger partial charge in [0.25, 0.3) is 0 Å². The lowest BCUT2D eigenvalue weighted by Gasteiger charge is -2.21. The minimum Gasteiger partial charge on any atom is -0.505 e. The Hall–Kier alpha value is -8.32. The van der Waals surface area contributed by atoms with Gasteiger partial charge >= 0.3 is 23.9 Å². The van der Waals surface area contributed by atoms with E-state index in [0.717, 1.165) is 30.9 Å². The molecule has 13 heteroatoms. The SMILES string of the molecule is CC.CC(C)c1ccccc1.CC(C)c1ccccc1.CC=COC.CCCCCCCCCCCCOC(=O)c1cc(C(=O)OC)cc(C(C)C)c1.CCCCCCc1ccc(C(C)C)cc1.COC(=O)c1cc(C(=O)OC)cc(C(C)C)c1.Cc1c(C)c(C)c(C(C)C)c(C)c1C.Cc1c(F)c(F)c(C(C)C)c(F)c1F. The Bertz CT molecular complexity index is 3580. The fraction of sp³-hybridized carbons (Fsp3) is 0.520. The molecule has 0 saturated heterocycles. The molecule has 0 atom stereocenters. The van der Waals surface area contributed by atoms with Crippen molar-refractivity contribution in [3.8, 4) is 0 Å². The van der Waals surface area contributed by atoms with E-state index < -0.39 is 58.2 Å². The van der Waals surface area contributed by atoms with Crippen LogP contribution < -0.4 is 0 Å². The first-order valence-electron chi connectivity index (χ1n) is 41.4. The van der Waals surface area contributed by atoms with Gasteiger partial charge in [0.05, 0.1) is 63.6 Å². The summed E-state index contributed by atoms with van der Waals surface area (Å²) in [5, 5.41) is 0. The van der Waals surface area contributed by atoms with Crippen LogP contribution in [0.5, 0.6) is 0 Å². The van der Waals surface area contributed by atoms with Crippen molar-refractivity contribution in [2.24, 2.45) is 0 Å². The van der Waals surface area contributed by atoms with Gasteiger partial charge in [-0.15, -0.1) is 0 Å². The molecule has 0 N–H and O–H groups in total. The van der Waals surface area contributed by atoms with E-state index in [2.05, 4.69) is 191 Å². The van der Waals surface area contributed by atoms with Gasteiger partial charge in [-0.25, -0.2) is 36.7 Å². The van der Waals surface area contributed by atoms with Gasteiger partial charge in [0.15, 0.2) is 23.3 Å². The molecule has 630 valence electrons. The summed E-state index contributed by atoms with van der Waals surface area (Å²) in [6.07, 6.45) is 22.6. The fourth-order valence-corrected chi connectivity index (χ4v) is 11.9. The molecule has 0 spiro atoms. The number of hydrogen-bond acceptors (Lipinski definition) is 9. The highest BCUT2D eigenvalue weighted by Crippen LogP contribution is 2.32. The summed E-state index contributed by atoms with van der Waals surface area (Å²) in [5.74, 6) is -4.52. The molecule has 7 aromatic carbocycles. The van der Waals surface area contributed by atoms with E-state index in [0.29, 0.717) is 52.5 Å². The van der Waals surface area contributed by atoms with Gasteiger partial charge in [-0.1, -0.05) is 293 Å². The molecule has 0 heterocycles. The number of ether oxygens (including phenoxy) is 5. The van der Waals surface area contributed by atoms with Crippen molar-refractivity contribution in [3.05, 3.63) is 257 Å². The van der Waals surface area contributed by atoms with Crippen LogP contribution in [0.25, 0.3) is 0 Å². The molecule has 0 aliphatic heterocycles. The summed E-state index contributed by atoms with van der Waals surface area (Å²) in [7, 11) is 5.58. The highest BCUT2D eigenvalue weighted by Gasteiger charge is 2.25. The van der Waals surface area contributed by atoms with Gasteiger partial charge in [-0.3, -0.25) is 0 Å². The summed E-state index contributed by atoms with van der Waals surface area (Å²) >= 11 is 0. The monoisotopic (exact) mass is 1570 g/mol. The van der Waals surface area contributed by atoms with E-state index in [9.17, 15) is 36.7 Å². The minimum atomic E-state index is -1.31. The van der Waals surface area contributed by atoms with Crippen LogP contribution >= 0.6 is 0 Å². The molecule has 0 bridgehead atoms. The number of unbranched alkanes of at least 4 members (excludes halogenated alkanes) is 12. The Morgan fingerprint density at radius 3 is 0.920 bits per heavy atom. The molecule has 9 nitrogen and oxygen atoms in total. The molecule has 7 aromatic rings. The summed E-state index contributed by atoms with van der Waals surface area (Å²) in [5.41, 5.74) is 16.9. The van der Waals surface area contributed by atoms with E-state index in [-0.39, 0.29) is 17.8 Å². The van der Waals surface area contributed by atoms with E-state index in [1.54, 1.807) is 49.3 Å². The lowest BCUT2D eigenvalue weighted by atomic mass is 9.85. The third-order valence-corrected chi connectivity index (χ3v) is 19.4. The number of halogens is 4. The highest BCUT2D eigenvalue weighted by atomic mass is 19.2. The van der Waals surface area contributed by atoms with Crippen molar-refractivity contribution in [1.29, 1.82) is 0 Å². The third kappa shape index (κ3) is 41.5. The van der Waals surface area contributed by atoms with E-state index >= 15 is 0 Å². The molecule has 0 aliphatic rings. The van der Waals surface area contributed by atoms with E-state index in [4.69, 9.17) is 9.47 Å². The molecule has 0 radical (unpaired) electrons. The Balaban J connectivity index is 0. The van der Waals surface area contributed by atoms with Crippen molar-refractivity contribution in [1.82, 2.24) is 0 Å². The zero-order valence-corrected chi connectivity index (χ0v) is 75.2. The van der Waals surface area contributed by atoms with E-state index in [1.807, 2.05) is 66.7 Å². The van der Waals surface area contributed by atoms with Crippen molar-refractivity contribution in [2.75, 3.05) is 35.0 Å². The van der Waals surface area contributed by atoms with Crippen LogP contribution in [0, 0.1) is 64.8 Å². The number of benzene rings is 7. The molecule has 113 heavy (non-hydrogen) atoms. The van der Waals surface area contributed by atoms with Crippen LogP contribution in [0.2, 0.25) is 0 Å². The first-order chi connectivity index (χ1) is 53.5. The quantitative estimate of drug-likeness (QED) is 0.0118. The molecule has 0 aromatic heterocycles. The van der Waals surface area contributed by atoms with Gasteiger partial charge in [0.1, 0.15) is 0 Å². The number of rotatable bonds is 28. The minimum absolute atomic E-state index is 0.207. The highest BCUT2D eigenvalue weighted by molar-refractivity contribution is 5.96. The van der Waals surface area contributed by atoms with Gasteiger partial charge in [-0.2, -0.15) is 0 Å². The molecule has 0 unspecified atom stereocenters. The molecule has 7 rings (SSSR count). The molecule has 0 amide bonds. The van der Waals surface area contributed by atoms with Gasteiger partial charge < -0.3 is 23.7 Å². The van der Waals surface area contributed by atoms with Gasteiger partial charge in [0.2, 0.25) is 0 Å². The Labute approximate surface area is 683 Å². The Kier molecular flexibility index (Phi) is 57.8. The second kappa shape index (κ2) is 61.2. The number of hydrogen-bond donors (Lipinski definition) is 0. The van der Waals surface area contributed by atoms with Crippen molar-refractivity contribution < 1.29 is 60.4 Å². The van der Waals surface area contributed by atoms with Crippen molar-refractivity contribution in [3.63, 3.8) is 0 Å². The lowest BCUT2D eigenvalue weighted by molar-refractivity contribution is 0.0495. The largest absolute Gasteiger partial charge is 0.505 e. The second-order valence-corrected chi connectivity index (χ2v) is 30.5. The second-order valence-electron chi connectivity index (χ2n) is 30.5. The Morgan fingerprint density at radius 2 is 0.637 bits per heavy atom. The molecule has 0 saturated carbocycles. The Morgan fingerprint density at radius 1 is 0.336 bits per heavy atom. The molecular formula is C100H148F4O9. The zero-order chi connectivity index (χ0) is 86.5. The predicted octanol–water partition coefficient (Wildman–Crippen LogP) is 29.8. The maximum absolute atomic E-state index is 13.2. The maximum atomic E-state index is 13.2. The number of esters is 4. The van der Waals surface area contributed by atoms with Crippen LogP contribution in [0.1, 0.15) is 382 Å². The average molecular weight is 1570 g/mol. The summed E-state index contributed by atoms with van der Waals surface area (Å²) in [4.78, 5) is 47.2. The number of carbonyl (C=O) groups excluding carboxylic acids is 4. The van der Waals surface area contributed by atoms with Crippen LogP contribution in [0.15, 0.2) is 134 Å². The zero-order valence-electron chi connectivity index (χ0n) is 75.2. The molecule has 0 fully saturated rings.